The molecule has 1 unspecified atom stereocenters. The third-order valence-electron chi connectivity index (χ3n) is 2.19. The van der Waals surface area contributed by atoms with Gasteiger partial charge in [0.1, 0.15) is 5.82 Å². The maximum atomic E-state index is 13.1. The minimum Gasteiger partial charge on any atom is -0.330 e. The molecule has 0 radical (unpaired) electrons. The highest BCUT2D eigenvalue weighted by atomic mass is 32.2. The van der Waals surface area contributed by atoms with Crippen LogP contribution in [-0.4, -0.2) is 11.8 Å². The van der Waals surface area contributed by atoms with Crippen LogP contribution in [0.1, 0.15) is 24.5 Å². The molecule has 0 saturated carbocycles. The smallest absolute Gasteiger partial charge is 0.124 e. The zero-order chi connectivity index (χ0) is 12.0. The molecule has 0 aliphatic carbocycles. The van der Waals surface area contributed by atoms with Crippen LogP contribution >= 0.6 is 11.8 Å². The van der Waals surface area contributed by atoms with Crippen molar-refractivity contribution in [3.8, 4) is 6.07 Å². The van der Waals surface area contributed by atoms with Crippen LogP contribution in [0.5, 0.6) is 0 Å². The van der Waals surface area contributed by atoms with E-state index in [4.69, 9.17) is 11.0 Å². The van der Waals surface area contributed by atoms with E-state index >= 15 is 0 Å². The first kappa shape index (κ1) is 13.0. The molecule has 86 valence electrons. The van der Waals surface area contributed by atoms with Crippen LogP contribution in [0.15, 0.2) is 18.2 Å². The van der Waals surface area contributed by atoms with Crippen LogP contribution in [0.3, 0.4) is 0 Å². The van der Waals surface area contributed by atoms with Gasteiger partial charge in [-0.05, 0) is 36.7 Å². The number of nitrogens with zero attached hydrogens (tertiary/aromatic N) is 1. The Bertz CT molecular complexity index is 387. The summed E-state index contributed by atoms with van der Waals surface area (Å²) in [6.07, 6.45) is 0.949. The molecule has 0 bridgehead atoms. The van der Waals surface area contributed by atoms with Crippen molar-refractivity contribution in [2.24, 2.45) is 5.73 Å². The minimum absolute atomic E-state index is 0.346. The van der Waals surface area contributed by atoms with E-state index in [-0.39, 0.29) is 5.82 Å². The fourth-order valence-electron chi connectivity index (χ4n) is 1.35. The van der Waals surface area contributed by atoms with Crippen molar-refractivity contribution in [1.82, 2.24) is 0 Å². The van der Waals surface area contributed by atoms with Gasteiger partial charge in [0.2, 0.25) is 0 Å². The molecule has 0 aliphatic rings. The summed E-state index contributed by atoms with van der Waals surface area (Å²) in [6, 6.07) is 6.40. The molecule has 1 aromatic rings. The predicted molar refractivity (Wildman–Crippen MR) is 65.5 cm³/mol. The lowest BCUT2D eigenvalue weighted by Gasteiger charge is -2.09. The second-order valence-corrected chi connectivity index (χ2v) is 5.09. The van der Waals surface area contributed by atoms with Crippen molar-refractivity contribution in [3.63, 3.8) is 0 Å². The highest BCUT2D eigenvalue weighted by molar-refractivity contribution is 7.99. The van der Waals surface area contributed by atoms with Crippen LogP contribution in [0.25, 0.3) is 0 Å². The van der Waals surface area contributed by atoms with Crippen molar-refractivity contribution < 1.29 is 4.39 Å². The summed E-state index contributed by atoms with van der Waals surface area (Å²) in [5, 5.41) is 9.17. The molecular weight excluding hydrogens is 223 g/mol. The summed E-state index contributed by atoms with van der Waals surface area (Å²) in [4.78, 5) is 0. The van der Waals surface area contributed by atoms with E-state index in [9.17, 15) is 4.39 Å². The van der Waals surface area contributed by atoms with E-state index in [1.54, 1.807) is 17.8 Å². The van der Waals surface area contributed by atoms with Gasteiger partial charge in [0.05, 0.1) is 11.6 Å². The lowest BCUT2D eigenvalue weighted by Crippen LogP contribution is -2.07. The van der Waals surface area contributed by atoms with Crippen LogP contribution in [0.4, 0.5) is 4.39 Å². The van der Waals surface area contributed by atoms with Crippen LogP contribution < -0.4 is 5.73 Å². The van der Waals surface area contributed by atoms with E-state index in [1.807, 2.05) is 6.07 Å². The van der Waals surface area contributed by atoms with E-state index in [0.717, 1.165) is 12.0 Å². The van der Waals surface area contributed by atoms with Gasteiger partial charge >= 0.3 is 0 Å². The van der Waals surface area contributed by atoms with E-state index in [2.05, 4.69) is 6.92 Å². The summed E-state index contributed by atoms with van der Waals surface area (Å²) in [5.74, 6) is 0.370. The second-order valence-electron chi connectivity index (χ2n) is 3.66. The Balaban J connectivity index is 2.60. The van der Waals surface area contributed by atoms with Gasteiger partial charge in [-0.25, -0.2) is 4.39 Å². The number of halogens is 1. The molecular formula is C12H15FN2S. The quantitative estimate of drug-likeness (QED) is 0.858. The molecule has 0 aromatic heterocycles. The average molecular weight is 238 g/mol. The Kier molecular flexibility index (Phi) is 5.30. The fourth-order valence-corrected chi connectivity index (χ4v) is 2.30. The maximum absolute atomic E-state index is 13.1. The third-order valence-corrected chi connectivity index (χ3v) is 3.50. The van der Waals surface area contributed by atoms with Crippen molar-refractivity contribution in [1.29, 1.82) is 5.26 Å². The lowest BCUT2D eigenvalue weighted by molar-refractivity contribution is 0.626. The van der Waals surface area contributed by atoms with Crippen molar-refractivity contribution in [3.05, 3.63) is 35.1 Å². The molecule has 1 rings (SSSR count). The first-order valence-electron chi connectivity index (χ1n) is 5.17. The summed E-state index contributed by atoms with van der Waals surface area (Å²) in [6.45, 7) is 2.77. The number of thioether (sulfide) groups is 1. The van der Waals surface area contributed by atoms with E-state index < -0.39 is 0 Å². The monoisotopic (exact) mass is 238 g/mol. The average Bonchev–Trinajstić information content (AvgIpc) is 2.26. The molecule has 0 aliphatic heterocycles. The second kappa shape index (κ2) is 6.51. The molecule has 1 atom stereocenters. The van der Waals surface area contributed by atoms with Crippen molar-refractivity contribution in [2.75, 3.05) is 6.54 Å². The van der Waals surface area contributed by atoms with Crippen LogP contribution in [0.2, 0.25) is 0 Å². The molecule has 0 amide bonds. The van der Waals surface area contributed by atoms with E-state index in [0.29, 0.717) is 23.1 Å². The van der Waals surface area contributed by atoms with Gasteiger partial charge in [0, 0.05) is 11.0 Å². The van der Waals surface area contributed by atoms with Gasteiger partial charge in [0.15, 0.2) is 0 Å². The van der Waals surface area contributed by atoms with Gasteiger partial charge in [-0.2, -0.15) is 17.0 Å². The molecule has 16 heavy (non-hydrogen) atoms. The van der Waals surface area contributed by atoms with Gasteiger partial charge < -0.3 is 5.73 Å². The van der Waals surface area contributed by atoms with Crippen LogP contribution in [-0.2, 0) is 5.75 Å². The molecule has 2 nitrogen and oxygen atoms in total. The lowest BCUT2D eigenvalue weighted by atomic mass is 10.1. The van der Waals surface area contributed by atoms with Gasteiger partial charge in [-0.1, -0.05) is 6.92 Å². The number of nitriles is 1. The summed E-state index contributed by atoms with van der Waals surface area (Å²) in [5.41, 5.74) is 6.68. The molecule has 0 fully saturated rings. The zero-order valence-corrected chi connectivity index (χ0v) is 10.1. The Morgan fingerprint density at radius 1 is 1.50 bits per heavy atom. The highest BCUT2D eigenvalue weighted by Gasteiger charge is 2.04. The van der Waals surface area contributed by atoms with Gasteiger partial charge in [-0.15, -0.1) is 0 Å². The largest absolute Gasteiger partial charge is 0.330 e. The molecule has 4 heteroatoms. The number of hydrogen-bond acceptors (Lipinski definition) is 3. The minimum atomic E-state index is -0.346. The molecule has 0 spiro atoms. The number of nitrogens with two attached hydrogens (primary N) is 1. The first-order chi connectivity index (χ1) is 7.65. The standard InChI is InChI=1S/C12H15FN2S/c1-9(2-3-14)16-8-11-4-10(7-15)5-12(13)6-11/h4-6,9H,2-3,8,14H2,1H3. The number of benzene rings is 1. The van der Waals surface area contributed by atoms with Crippen molar-refractivity contribution >= 4 is 11.8 Å². The Morgan fingerprint density at radius 2 is 2.25 bits per heavy atom. The van der Waals surface area contributed by atoms with Gasteiger partial charge in [0.25, 0.3) is 0 Å². The fraction of sp³-hybridized carbons (Fsp3) is 0.417. The Morgan fingerprint density at radius 3 is 2.88 bits per heavy atom. The number of hydrogen-bond donors (Lipinski definition) is 1. The maximum Gasteiger partial charge on any atom is 0.124 e. The topological polar surface area (TPSA) is 49.8 Å². The number of rotatable bonds is 5. The summed E-state index contributed by atoms with van der Waals surface area (Å²) < 4.78 is 13.1. The van der Waals surface area contributed by atoms with E-state index in [1.165, 1.54) is 12.1 Å². The predicted octanol–water partition coefficient (Wildman–Crippen LogP) is 2.67. The Hall–Kier alpha value is -1.05. The summed E-state index contributed by atoms with van der Waals surface area (Å²) >= 11 is 1.73. The first-order valence-corrected chi connectivity index (χ1v) is 6.22. The molecule has 2 N–H and O–H groups in total. The Labute approximate surface area is 99.6 Å². The third kappa shape index (κ3) is 4.21. The van der Waals surface area contributed by atoms with Crippen LogP contribution in [0, 0.1) is 17.1 Å². The zero-order valence-electron chi connectivity index (χ0n) is 9.24. The van der Waals surface area contributed by atoms with Gasteiger partial charge in [-0.3, -0.25) is 0 Å². The highest BCUT2D eigenvalue weighted by Crippen LogP contribution is 2.20. The van der Waals surface area contributed by atoms with Crippen molar-refractivity contribution in [2.45, 2.75) is 24.3 Å². The molecule has 0 heterocycles. The normalized spacial score (nSPS) is 12.1. The SMILES string of the molecule is CC(CCN)SCc1cc(F)cc(C#N)c1. The molecule has 0 saturated heterocycles. The summed E-state index contributed by atoms with van der Waals surface area (Å²) in [7, 11) is 0. The molecule has 1 aromatic carbocycles.